The molecule has 144 valence electrons. The molecule has 0 atom stereocenters. The van der Waals surface area contributed by atoms with Crippen molar-refractivity contribution in [1.29, 1.82) is 0 Å². The summed E-state index contributed by atoms with van der Waals surface area (Å²) < 4.78 is 43.4. The monoisotopic (exact) mass is 387 g/mol. The lowest BCUT2D eigenvalue weighted by molar-refractivity contribution is -0.137. The van der Waals surface area contributed by atoms with E-state index in [1.54, 1.807) is 31.4 Å². The maximum absolute atomic E-state index is 12.8. The highest BCUT2D eigenvalue weighted by Gasteiger charge is 2.30. The number of amides is 1. The van der Waals surface area contributed by atoms with Gasteiger partial charge in [-0.25, -0.2) is 4.98 Å². The van der Waals surface area contributed by atoms with Gasteiger partial charge in [-0.1, -0.05) is 6.07 Å². The van der Waals surface area contributed by atoms with E-state index in [0.717, 1.165) is 12.1 Å². The second-order valence-corrected chi connectivity index (χ2v) is 5.82. The van der Waals surface area contributed by atoms with Gasteiger partial charge in [-0.05, 0) is 54.6 Å². The normalized spacial score (nSPS) is 11.0. The second kappa shape index (κ2) is 7.99. The Balaban J connectivity index is 1.66. The summed E-state index contributed by atoms with van der Waals surface area (Å²) in [6.45, 7) is 0. The molecule has 8 heteroatoms. The average Bonchev–Trinajstić information content (AvgIpc) is 2.69. The number of methoxy groups -OCH3 is 1. The average molecular weight is 387 g/mol. The molecule has 2 aromatic carbocycles. The number of ether oxygens (including phenoxy) is 1. The Morgan fingerprint density at radius 3 is 2.36 bits per heavy atom. The van der Waals surface area contributed by atoms with Crippen LogP contribution >= 0.6 is 0 Å². The van der Waals surface area contributed by atoms with Crippen molar-refractivity contribution in [2.45, 2.75) is 6.18 Å². The van der Waals surface area contributed by atoms with Crippen molar-refractivity contribution < 1.29 is 22.7 Å². The first-order chi connectivity index (χ1) is 13.3. The maximum Gasteiger partial charge on any atom is 0.416 e. The number of benzene rings is 2. The van der Waals surface area contributed by atoms with Crippen LogP contribution in [0.25, 0.3) is 0 Å². The van der Waals surface area contributed by atoms with Crippen LogP contribution in [0.1, 0.15) is 15.9 Å². The smallest absolute Gasteiger partial charge is 0.416 e. The Hall–Kier alpha value is -3.55. The largest absolute Gasteiger partial charge is 0.497 e. The van der Waals surface area contributed by atoms with E-state index in [1.165, 1.54) is 30.5 Å². The molecule has 1 aromatic heterocycles. The van der Waals surface area contributed by atoms with Gasteiger partial charge in [-0.15, -0.1) is 0 Å². The fourth-order valence-electron chi connectivity index (χ4n) is 2.40. The minimum Gasteiger partial charge on any atom is -0.497 e. The molecule has 5 nitrogen and oxygen atoms in total. The first-order valence-electron chi connectivity index (χ1n) is 8.21. The van der Waals surface area contributed by atoms with Crippen LogP contribution in [0.5, 0.6) is 5.75 Å². The van der Waals surface area contributed by atoms with Crippen molar-refractivity contribution in [2.75, 3.05) is 17.7 Å². The van der Waals surface area contributed by atoms with E-state index in [-0.39, 0.29) is 11.6 Å². The minimum atomic E-state index is -4.42. The predicted molar refractivity (Wildman–Crippen MR) is 99.9 cm³/mol. The number of pyridine rings is 1. The Morgan fingerprint density at radius 2 is 1.75 bits per heavy atom. The van der Waals surface area contributed by atoms with Crippen molar-refractivity contribution in [1.82, 2.24) is 4.98 Å². The zero-order valence-corrected chi connectivity index (χ0v) is 14.7. The van der Waals surface area contributed by atoms with E-state index in [1.807, 2.05) is 0 Å². The number of nitrogens with one attached hydrogen (secondary N) is 2. The molecule has 0 fully saturated rings. The van der Waals surface area contributed by atoms with Crippen LogP contribution in [0.2, 0.25) is 0 Å². The molecule has 2 N–H and O–H groups in total. The van der Waals surface area contributed by atoms with Crippen LogP contribution in [0.3, 0.4) is 0 Å². The maximum atomic E-state index is 12.8. The number of nitrogens with zero attached hydrogens (tertiary/aromatic N) is 1. The summed E-state index contributed by atoms with van der Waals surface area (Å²) in [7, 11) is 1.55. The molecule has 0 aliphatic rings. The molecule has 1 heterocycles. The molecule has 0 saturated carbocycles. The Labute approximate surface area is 159 Å². The summed E-state index contributed by atoms with van der Waals surface area (Å²) in [5.41, 5.74) is 0.396. The van der Waals surface area contributed by atoms with E-state index in [0.29, 0.717) is 22.8 Å². The zero-order chi connectivity index (χ0) is 20.1. The number of hydrogen-bond donors (Lipinski definition) is 2. The van der Waals surface area contributed by atoms with Crippen molar-refractivity contribution in [3.63, 3.8) is 0 Å². The van der Waals surface area contributed by atoms with E-state index in [2.05, 4.69) is 15.6 Å². The zero-order valence-electron chi connectivity index (χ0n) is 14.7. The molecule has 0 unspecified atom stereocenters. The third-order valence-corrected chi connectivity index (χ3v) is 3.84. The van der Waals surface area contributed by atoms with Crippen LogP contribution in [0.15, 0.2) is 66.9 Å². The molecule has 0 saturated heterocycles. The highest BCUT2D eigenvalue weighted by Crippen LogP contribution is 2.31. The topological polar surface area (TPSA) is 63.2 Å². The quantitative estimate of drug-likeness (QED) is 0.639. The number of carbonyl (C=O) groups excluding carboxylic acids is 1. The van der Waals surface area contributed by atoms with Crippen LogP contribution in [0, 0.1) is 0 Å². The van der Waals surface area contributed by atoms with Crippen molar-refractivity contribution >= 4 is 23.1 Å². The van der Waals surface area contributed by atoms with Gasteiger partial charge in [0.1, 0.15) is 11.6 Å². The lowest BCUT2D eigenvalue weighted by Crippen LogP contribution is -2.12. The Kier molecular flexibility index (Phi) is 5.49. The van der Waals surface area contributed by atoms with Gasteiger partial charge >= 0.3 is 6.18 Å². The van der Waals surface area contributed by atoms with Gasteiger partial charge in [0.05, 0.1) is 18.2 Å². The molecule has 28 heavy (non-hydrogen) atoms. The van der Waals surface area contributed by atoms with Gasteiger partial charge in [0.25, 0.3) is 5.91 Å². The van der Waals surface area contributed by atoms with Gasteiger partial charge in [-0.2, -0.15) is 13.2 Å². The van der Waals surface area contributed by atoms with Crippen molar-refractivity contribution in [2.24, 2.45) is 0 Å². The summed E-state index contributed by atoms with van der Waals surface area (Å²) >= 11 is 0. The SMILES string of the molecule is COc1ccc(NC(=O)c2ccc(Nc3cccc(C(F)(F)F)c3)nc2)cc1. The molecule has 0 radical (unpaired) electrons. The third kappa shape index (κ3) is 4.79. The summed E-state index contributed by atoms with van der Waals surface area (Å²) in [5, 5.41) is 5.51. The van der Waals surface area contributed by atoms with Crippen LogP contribution in [0.4, 0.5) is 30.4 Å². The van der Waals surface area contributed by atoms with Gasteiger partial charge in [-0.3, -0.25) is 4.79 Å². The highest BCUT2D eigenvalue weighted by molar-refractivity contribution is 6.04. The molecule has 0 aliphatic carbocycles. The molecule has 3 rings (SSSR count). The molecular formula is C20H16F3N3O2. The second-order valence-electron chi connectivity index (χ2n) is 5.82. The lowest BCUT2D eigenvalue weighted by atomic mass is 10.2. The standard InChI is InChI=1S/C20H16F3N3O2/c1-28-17-8-6-15(7-9-17)26-19(27)13-5-10-18(24-12-13)25-16-4-2-3-14(11-16)20(21,22)23/h2-12H,1H3,(H,24,25)(H,26,27). The fourth-order valence-corrected chi connectivity index (χ4v) is 2.40. The fraction of sp³-hybridized carbons (Fsp3) is 0.100. The number of anilines is 3. The third-order valence-electron chi connectivity index (χ3n) is 3.84. The summed E-state index contributed by atoms with van der Waals surface area (Å²) in [6.07, 6.45) is -3.08. The van der Waals surface area contributed by atoms with Crippen LogP contribution in [-0.4, -0.2) is 18.0 Å². The Bertz CT molecular complexity index is 956. The van der Waals surface area contributed by atoms with Crippen molar-refractivity contribution in [3.05, 3.63) is 78.0 Å². The summed E-state index contributed by atoms with van der Waals surface area (Å²) in [5.74, 6) is 0.633. The van der Waals surface area contributed by atoms with Crippen LogP contribution < -0.4 is 15.4 Å². The van der Waals surface area contributed by atoms with Gasteiger partial charge in [0.2, 0.25) is 0 Å². The van der Waals surface area contributed by atoms with E-state index in [4.69, 9.17) is 4.74 Å². The van der Waals surface area contributed by atoms with Gasteiger partial charge < -0.3 is 15.4 Å². The lowest BCUT2D eigenvalue weighted by Gasteiger charge is -2.10. The van der Waals surface area contributed by atoms with E-state index in [9.17, 15) is 18.0 Å². The highest BCUT2D eigenvalue weighted by atomic mass is 19.4. The van der Waals surface area contributed by atoms with E-state index >= 15 is 0 Å². The predicted octanol–water partition coefficient (Wildman–Crippen LogP) is 5.10. The Morgan fingerprint density at radius 1 is 1.00 bits per heavy atom. The first-order valence-corrected chi connectivity index (χ1v) is 8.21. The van der Waals surface area contributed by atoms with Crippen LogP contribution in [-0.2, 0) is 6.18 Å². The molecule has 0 aliphatic heterocycles. The molecule has 0 bridgehead atoms. The van der Waals surface area contributed by atoms with E-state index < -0.39 is 11.7 Å². The molecule has 1 amide bonds. The summed E-state index contributed by atoms with van der Waals surface area (Å²) in [4.78, 5) is 16.3. The number of carbonyl (C=O) groups is 1. The van der Waals surface area contributed by atoms with Gasteiger partial charge in [0.15, 0.2) is 0 Å². The number of hydrogen-bond acceptors (Lipinski definition) is 4. The number of rotatable bonds is 5. The first kappa shape index (κ1) is 19.2. The number of aromatic nitrogens is 1. The number of alkyl halides is 3. The minimum absolute atomic E-state index is 0.248. The molecular weight excluding hydrogens is 371 g/mol. The number of halogens is 3. The van der Waals surface area contributed by atoms with Crippen molar-refractivity contribution in [3.8, 4) is 5.75 Å². The molecule has 0 spiro atoms. The van der Waals surface area contributed by atoms with Gasteiger partial charge in [0, 0.05) is 17.6 Å². The summed E-state index contributed by atoms with van der Waals surface area (Å²) in [6, 6.07) is 14.7. The molecule has 3 aromatic rings.